The van der Waals surface area contributed by atoms with Crippen LogP contribution in [0.2, 0.25) is 0 Å². The van der Waals surface area contributed by atoms with Crippen LogP contribution >= 0.6 is 12.4 Å². The van der Waals surface area contributed by atoms with E-state index in [4.69, 9.17) is 0 Å². The summed E-state index contributed by atoms with van der Waals surface area (Å²) in [6.45, 7) is 2.29. The molecule has 0 aliphatic carbocycles. The first kappa shape index (κ1) is 19.2. The largest absolute Gasteiger partial charge is 0.329 e. The third-order valence-corrected chi connectivity index (χ3v) is 4.43. The van der Waals surface area contributed by atoms with Crippen molar-refractivity contribution in [2.75, 3.05) is 25.0 Å². The zero-order chi connectivity index (χ0) is 16.9. The van der Waals surface area contributed by atoms with Gasteiger partial charge in [-0.2, -0.15) is 0 Å². The monoisotopic (exact) mass is 366 g/mol. The molecule has 2 saturated heterocycles. The molecule has 1 aromatic rings. The van der Waals surface area contributed by atoms with Gasteiger partial charge in [-0.05, 0) is 49.5 Å². The highest BCUT2D eigenvalue weighted by Gasteiger charge is 2.28. The standard InChI is InChI=1S/C17H22N4O3.ClH/c22-15(5-4-12-6-7-18-9-12)20-14-3-1-2-13(8-14)11-21-16(23)10-19-17(21)24;/h1-3,8,12,18H,4-7,9-11H2,(H,19,24)(H,20,22);1H. The van der Waals surface area contributed by atoms with Crippen molar-refractivity contribution in [3.05, 3.63) is 29.8 Å². The van der Waals surface area contributed by atoms with Crippen molar-refractivity contribution in [2.45, 2.75) is 25.8 Å². The minimum Gasteiger partial charge on any atom is -0.329 e. The maximum Gasteiger partial charge on any atom is 0.324 e. The van der Waals surface area contributed by atoms with E-state index >= 15 is 0 Å². The molecule has 8 heteroatoms. The number of nitrogens with zero attached hydrogens (tertiary/aromatic N) is 1. The van der Waals surface area contributed by atoms with E-state index in [-0.39, 0.29) is 43.3 Å². The number of carbonyl (C=O) groups excluding carboxylic acids is 3. The molecule has 0 saturated carbocycles. The number of urea groups is 1. The molecule has 2 heterocycles. The van der Waals surface area contributed by atoms with Gasteiger partial charge in [-0.25, -0.2) is 4.79 Å². The molecule has 0 aromatic heterocycles. The summed E-state index contributed by atoms with van der Waals surface area (Å²) in [4.78, 5) is 36.5. The van der Waals surface area contributed by atoms with Crippen molar-refractivity contribution in [3.8, 4) is 0 Å². The number of hydrogen-bond donors (Lipinski definition) is 3. The fourth-order valence-electron chi connectivity index (χ4n) is 3.06. The summed E-state index contributed by atoms with van der Waals surface area (Å²) in [5.74, 6) is 0.343. The Balaban J connectivity index is 0.00000225. The lowest BCUT2D eigenvalue weighted by atomic mass is 10.0. The summed E-state index contributed by atoms with van der Waals surface area (Å²) in [5.41, 5.74) is 1.49. The molecule has 136 valence electrons. The summed E-state index contributed by atoms with van der Waals surface area (Å²) in [6, 6.07) is 6.88. The average Bonchev–Trinajstić information content (AvgIpc) is 3.19. The van der Waals surface area contributed by atoms with Gasteiger partial charge in [0, 0.05) is 12.1 Å². The summed E-state index contributed by atoms with van der Waals surface area (Å²) in [6.07, 6.45) is 2.53. The third-order valence-electron chi connectivity index (χ3n) is 4.43. The quantitative estimate of drug-likeness (QED) is 0.665. The number of anilines is 1. The molecule has 0 radical (unpaired) electrons. The Morgan fingerprint density at radius 1 is 1.32 bits per heavy atom. The normalized spacial score (nSPS) is 19.5. The Hall–Kier alpha value is -2.12. The van der Waals surface area contributed by atoms with Gasteiger partial charge in [-0.15, -0.1) is 12.4 Å². The van der Waals surface area contributed by atoms with Gasteiger partial charge < -0.3 is 16.0 Å². The summed E-state index contributed by atoms with van der Waals surface area (Å²) < 4.78 is 0. The molecule has 3 rings (SSSR count). The predicted octanol–water partition coefficient (Wildman–Crippen LogP) is 1.49. The van der Waals surface area contributed by atoms with Crippen molar-refractivity contribution in [2.24, 2.45) is 5.92 Å². The molecule has 2 aliphatic rings. The third kappa shape index (κ3) is 5.17. The van der Waals surface area contributed by atoms with Crippen molar-refractivity contribution in [1.82, 2.24) is 15.5 Å². The summed E-state index contributed by atoms with van der Waals surface area (Å²) in [7, 11) is 0. The number of imide groups is 1. The lowest BCUT2D eigenvalue weighted by Crippen LogP contribution is -2.30. The molecule has 1 aromatic carbocycles. The average molecular weight is 367 g/mol. The van der Waals surface area contributed by atoms with E-state index in [1.807, 2.05) is 18.2 Å². The van der Waals surface area contributed by atoms with E-state index in [2.05, 4.69) is 16.0 Å². The first-order valence-electron chi connectivity index (χ1n) is 8.29. The highest BCUT2D eigenvalue weighted by Crippen LogP contribution is 2.17. The first-order chi connectivity index (χ1) is 11.6. The number of benzene rings is 1. The Morgan fingerprint density at radius 2 is 2.16 bits per heavy atom. The van der Waals surface area contributed by atoms with Crippen molar-refractivity contribution >= 4 is 35.9 Å². The SMILES string of the molecule is Cl.O=C(CCC1CCNC1)Nc1cccc(CN2C(=O)CNC2=O)c1. The second-order valence-corrected chi connectivity index (χ2v) is 6.28. The van der Waals surface area contributed by atoms with Crippen LogP contribution in [0.15, 0.2) is 24.3 Å². The molecule has 4 amide bonds. The van der Waals surface area contributed by atoms with Gasteiger partial charge in [-0.1, -0.05) is 12.1 Å². The van der Waals surface area contributed by atoms with Gasteiger partial charge in [0.2, 0.25) is 11.8 Å². The molecule has 0 spiro atoms. The number of halogens is 1. The van der Waals surface area contributed by atoms with E-state index in [1.165, 1.54) is 4.90 Å². The topological polar surface area (TPSA) is 90.5 Å². The molecule has 25 heavy (non-hydrogen) atoms. The minimum absolute atomic E-state index is 0. The zero-order valence-corrected chi connectivity index (χ0v) is 14.7. The van der Waals surface area contributed by atoms with Crippen LogP contribution in [-0.2, 0) is 16.1 Å². The molecule has 2 fully saturated rings. The Labute approximate surface area is 152 Å². The number of nitrogens with one attached hydrogen (secondary N) is 3. The maximum absolute atomic E-state index is 12.1. The molecule has 2 aliphatic heterocycles. The number of rotatable bonds is 6. The van der Waals surface area contributed by atoms with Crippen LogP contribution in [0.25, 0.3) is 0 Å². The van der Waals surface area contributed by atoms with E-state index in [9.17, 15) is 14.4 Å². The molecule has 7 nitrogen and oxygen atoms in total. The highest BCUT2D eigenvalue weighted by molar-refractivity contribution is 6.01. The maximum atomic E-state index is 12.1. The van der Waals surface area contributed by atoms with E-state index in [0.29, 0.717) is 18.0 Å². The summed E-state index contributed by atoms with van der Waals surface area (Å²) >= 11 is 0. The molecule has 3 N–H and O–H groups in total. The van der Waals surface area contributed by atoms with E-state index < -0.39 is 0 Å². The van der Waals surface area contributed by atoms with Gasteiger partial charge in [0.25, 0.3) is 0 Å². The van der Waals surface area contributed by atoms with Gasteiger partial charge >= 0.3 is 6.03 Å². The minimum atomic E-state index is -0.375. The second-order valence-electron chi connectivity index (χ2n) is 6.28. The van der Waals surface area contributed by atoms with Crippen LogP contribution < -0.4 is 16.0 Å². The van der Waals surface area contributed by atoms with Crippen LogP contribution in [0, 0.1) is 5.92 Å². The Morgan fingerprint density at radius 3 is 2.84 bits per heavy atom. The fraction of sp³-hybridized carbons (Fsp3) is 0.471. The van der Waals surface area contributed by atoms with E-state index in [0.717, 1.165) is 31.5 Å². The van der Waals surface area contributed by atoms with Crippen LogP contribution in [0.1, 0.15) is 24.8 Å². The van der Waals surface area contributed by atoms with Crippen LogP contribution in [0.3, 0.4) is 0 Å². The molecular weight excluding hydrogens is 344 g/mol. The smallest absolute Gasteiger partial charge is 0.324 e. The van der Waals surface area contributed by atoms with Crippen molar-refractivity contribution in [1.29, 1.82) is 0 Å². The van der Waals surface area contributed by atoms with Crippen LogP contribution in [-0.4, -0.2) is 42.4 Å². The predicted molar refractivity (Wildman–Crippen MR) is 96.5 cm³/mol. The number of carbonyl (C=O) groups is 3. The second kappa shape index (κ2) is 8.82. The van der Waals surface area contributed by atoms with Crippen LogP contribution in [0.5, 0.6) is 0 Å². The molecule has 0 bridgehead atoms. The number of hydrogen-bond acceptors (Lipinski definition) is 4. The van der Waals surface area contributed by atoms with Crippen LogP contribution in [0.4, 0.5) is 10.5 Å². The molecule has 1 atom stereocenters. The van der Waals surface area contributed by atoms with Crippen molar-refractivity contribution < 1.29 is 14.4 Å². The zero-order valence-electron chi connectivity index (χ0n) is 13.9. The summed E-state index contributed by atoms with van der Waals surface area (Å²) in [5, 5.41) is 8.68. The Kier molecular flexibility index (Phi) is 6.78. The lowest BCUT2D eigenvalue weighted by Gasteiger charge is -2.13. The molecule has 1 unspecified atom stereocenters. The molecular formula is C17H23ClN4O3. The van der Waals surface area contributed by atoms with Gasteiger partial charge in [-0.3, -0.25) is 14.5 Å². The lowest BCUT2D eigenvalue weighted by molar-refractivity contribution is -0.125. The first-order valence-corrected chi connectivity index (χ1v) is 8.29. The van der Waals surface area contributed by atoms with Gasteiger partial charge in [0.15, 0.2) is 0 Å². The van der Waals surface area contributed by atoms with Gasteiger partial charge in [0.05, 0.1) is 13.1 Å². The van der Waals surface area contributed by atoms with Crippen molar-refractivity contribution in [3.63, 3.8) is 0 Å². The highest BCUT2D eigenvalue weighted by atomic mass is 35.5. The van der Waals surface area contributed by atoms with Gasteiger partial charge in [0.1, 0.15) is 0 Å². The van der Waals surface area contributed by atoms with E-state index in [1.54, 1.807) is 6.07 Å². The Bertz CT molecular complexity index is 631. The fourth-order valence-corrected chi connectivity index (χ4v) is 3.06. The number of amides is 4.